The fourth-order valence-corrected chi connectivity index (χ4v) is 3.52. The Labute approximate surface area is 172 Å². The zero-order valence-electron chi connectivity index (χ0n) is 14.7. The van der Waals surface area contributed by atoms with E-state index in [-0.39, 0.29) is 11.7 Å². The summed E-state index contributed by atoms with van der Waals surface area (Å²) in [5.41, 5.74) is 3.22. The van der Waals surface area contributed by atoms with Gasteiger partial charge in [-0.25, -0.2) is 0 Å². The Morgan fingerprint density at radius 1 is 0.893 bits per heavy atom. The minimum Gasteiger partial charge on any atom is -0.303 e. The van der Waals surface area contributed by atoms with E-state index >= 15 is 0 Å². The summed E-state index contributed by atoms with van der Waals surface area (Å²) < 4.78 is 0. The highest BCUT2D eigenvalue weighted by molar-refractivity contribution is 6.37. The van der Waals surface area contributed by atoms with Gasteiger partial charge in [0.15, 0.2) is 5.78 Å². The molecule has 0 saturated heterocycles. The van der Waals surface area contributed by atoms with E-state index in [0.717, 1.165) is 11.3 Å². The smallest absolute Gasteiger partial charge is 0.259 e. The molecule has 0 radical (unpaired) electrons. The molecule has 0 aliphatic carbocycles. The van der Waals surface area contributed by atoms with Crippen LogP contribution >= 0.6 is 23.2 Å². The number of benzene rings is 3. The third kappa shape index (κ3) is 3.59. The van der Waals surface area contributed by atoms with Crippen LogP contribution in [0, 0.1) is 0 Å². The predicted molar refractivity (Wildman–Crippen MR) is 113 cm³/mol. The lowest BCUT2D eigenvalue weighted by atomic mass is 10.0. The average molecular weight is 408 g/mol. The van der Waals surface area contributed by atoms with Crippen LogP contribution in [0.5, 0.6) is 0 Å². The van der Waals surface area contributed by atoms with Gasteiger partial charge in [-0.05, 0) is 54.1 Å². The summed E-state index contributed by atoms with van der Waals surface area (Å²) in [4.78, 5) is 27.5. The van der Waals surface area contributed by atoms with Crippen molar-refractivity contribution < 1.29 is 9.59 Å². The second-order valence-electron chi connectivity index (χ2n) is 6.47. The summed E-state index contributed by atoms with van der Waals surface area (Å²) in [5, 5.41) is 1.06. The van der Waals surface area contributed by atoms with E-state index in [1.165, 1.54) is 6.08 Å². The number of fused-ring (bicyclic) bond motifs is 1. The van der Waals surface area contributed by atoms with Crippen LogP contribution in [0.15, 0.2) is 78.9 Å². The largest absolute Gasteiger partial charge is 0.303 e. The number of halogens is 2. The van der Waals surface area contributed by atoms with Crippen LogP contribution in [0.4, 0.5) is 5.69 Å². The molecular weight excluding hydrogens is 393 g/mol. The van der Waals surface area contributed by atoms with E-state index in [0.29, 0.717) is 33.3 Å². The lowest BCUT2D eigenvalue weighted by Gasteiger charge is -2.17. The van der Waals surface area contributed by atoms with Gasteiger partial charge in [-0.2, -0.15) is 0 Å². The highest BCUT2D eigenvalue weighted by Crippen LogP contribution is 2.39. The van der Waals surface area contributed by atoms with E-state index < -0.39 is 0 Å². The third-order valence-electron chi connectivity index (χ3n) is 4.60. The number of hydrogen-bond acceptors (Lipinski definition) is 2. The summed E-state index contributed by atoms with van der Waals surface area (Å²) in [6.07, 6.45) is 1.38. The van der Waals surface area contributed by atoms with Gasteiger partial charge in [0.1, 0.15) is 0 Å². The summed E-state index contributed by atoms with van der Waals surface area (Å²) in [6.45, 7) is 0.417. The monoisotopic (exact) mass is 407 g/mol. The fourth-order valence-electron chi connectivity index (χ4n) is 3.22. The molecule has 0 fully saturated rings. The molecule has 0 bridgehead atoms. The number of nitrogens with zero attached hydrogens (tertiary/aromatic N) is 1. The van der Waals surface area contributed by atoms with Gasteiger partial charge in [0.05, 0.1) is 17.8 Å². The van der Waals surface area contributed by atoms with Crippen molar-refractivity contribution >= 4 is 46.2 Å². The third-order valence-corrected chi connectivity index (χ3v) is 5.09. The minimum absolute atomic E-state index is 0.219. The predicted octanol–water partition coefficient (Wildman–Crippen LogP) is 5.81. The van der Waals surface area contributed by atoms with E-state index in [1.54, 1.807) is 41.3 Å². The van der Waals surface area contributed by atoms with Gasteiger partial charge in [-0.3, -0.25) is 9.59 Å². The van der Waals surface area contributed by atoms with Gasteiger partial charge in [-0.15, -0.1) is 0 Å². The zero-order chi connectivity index (χ0) is 19.7. The maximum atomic E-state index is 13.1. The minimum atomic E-state index is -0.257. The van der Waals surface area contributed by atoms with Crippen molar-refractivity contribution in [2.24, 2.45) is 0 Å². The molecule has 0 saturated carbocycles. The quantitative estimate of drug-likeness (QED) is 0.404. The summed E-state index contributed by atoms with van der Waals surface area (Å²) >= 11 is 12.0. The number of allylic oxidation sites excluding steroid dienone is 1. The molecule has 5 heteroatoms. The second kappa shape index (κ2) is 7.63. The van der Waals surface area contributed by atoms with Crippen LogP contribution in [-0.2, 0) is 11.3 Å². The molecular formula is C23H15Cl2NO2. The first kappa shape index (κ1) is 18.5. The first-order valence-corrected chi connectivity index (χ1v) is 9.46. The van der Waals surface area contributed by atoms with Crippen LogP contribution in [0.2, 0.25) is 10.0 Å². The van der Waals surface area contributed by atoms with Gasteiger partial charge in [0, 0.05) is 21.2 Å². The molecule has 0 unspecified atom stereocenters. The highest BCUT2D eigenvalue weighted by Gasteiger charge is 2.33. The van der Waals surface area contributed by atoms with Crippen molar-refractivity contribution in [1.82, 2.24) is 0 Å². The molecule has 0 spiro atoms. The van der Waals surface area contributed by atoms with E-state index in [4.69, 9.17) is 23.2 Å². The van der Waals surface area contributed by atoms with Crippen LogP contribution in [0.25, 0.3) is 5.57 Å². The average Bonchev–Trinajstić information content (AvgIpc) is 2.94. The second-order valence-corrected chi connectivity index (χ2v) is 7.34. The molecule has 1 aliphatic rings. The fraction of sp³-hybridized carbons (Fsp3) is 0.0435. The molecule has 3 aromatic carbocycles. The van der Waals surface area contributed by atoms with Gasteiger partial charge in [0.2, 0.25) is 0 Å². The first-order valence-electron chi connectivity index (χ1n) is 8.70. The van der Waals surface area contributed by atoms with Crippen LogP contribution in [0.3, 0.4) is 0 Å². The van der Waals surface area contributed by atoms with Gasteiger partial charge in [-0.1, -0.05) is 53.5 Å². The number of anilines is 1. The van der Waals surface area contributed by atoms with Crippen LogP contribution in [0.1, 0.15) is 21.5 Å². The molecule has 3 aromatic rings. The number of ketones is 1. The van der Waals surface area contributed by atoms with Crippen molar-refractivity contribution in [3.05, 3.63) is 106 Å². The topological polar surface area (TPSA) is 37.4 Å². The van der Waals surface area contributed by atoms with Gasteiger partial charge >= 0.3 is 0 Å². The van der Waals surface area contributed by atoms with Crippen molar-refractivity contribution in [2.75, 3.05) is 4.90 Å². The number of carbonyl (C=O) groups is 2. The molecule has 0 N–H and O–H groups in total. The van der Waals surface area contributed by atoms with Crippen molar-refractivity contribution in [2.45, 2.75) is 6.54 Å². The van der Waals surface area contributed by atoms with Crippen LogP contribution in [-0.4, -0.2) is 11.7 Å². The normalized spacial score (nSPS) is 14.4. The maximum absolute atomic E-state index is 13.1. The van der Waals surface area contributed by atoms with Gasteiger partial charge in [0.25, 0.3) is 5.91 Å². The lowest BCUT2D eigenvalue weighted by Crippen LogP contribution is -2.25. The van der Waals surface area contributed by atoms with E-state index in [2.05, 4.69) is 0 Å². The Balaban J connectivity index is 1.73. The van der Waals surface area contributed by atoms with Crippen molar-refractivity contribution in [3.8, 4) is 0 Å². The number of amides is 1. The Hall–Kier alpha value is -2.88. The summed E-state index contributed by atoms with van der Waals surface area (Å²) in [7, 11) is 0. The number of hydrogen-bond donors (Lipinski definition) is 0. The van der Waals surface area contributed by atoms with Crippen molar-refractivity contribution in [1.29, 1.82) is 0 Å². The zero-order valence-corrected chi connectivity index (χ0v) is 16.2. The molecule has 138 valence electrons. The Kier molecular flexibility index (Phi) is 5.03. The molecule has 4 rings (SSSR count). The number of carbonyl (C=O) groups excluding carboxylic acids is 2. The molecule has 1 amide bonds. The maximum Gasteiger partial charge on any atom is 0.259 e. The first-order chi connectivity index (χ1) is 13.5. The Morgan fingerprint density at radius 3 is 2.29 bits per heavy atom. The van der Waals surface area contributed by atoms with Crippen molar-refractivity contribution in [3.63, 3.8) is 0 Å². The Morgan fingerprint density at radius 2 is 1.57 bits per heavy atom. The summed E-state index contributed by atoms with van der Waals surface area (Å²) in [6, 6.07) is 21.6. The van der Waals surface area contributed by atoms with E-state index in [9.17, 15) is 9.59 Å². The molecule has 1 aliphatic heterocycles. The molecule has 0 aromatic heterocycles. The SMILES string of the molecule is O=C(/C=C1/C(=O)N(Cc2ccccc2)c2ccc(Cl)cc21)c1ccc(Cl)cc1. The van der Waals surface area contributed by atoms with Gasteiger partial charge < -0.3 is 4.90 Å². The lowest BCUT2D eigenvalue weighted by molar-refractivity contribution is -0.113. The standard InChI is InChI=1S/C23H15Cl2NO2/c24-17-8-6-16(7-9-17)22(27)13-20-19-12-18(25)10-11-21(19)26(23(20)28)14-15-4-2-1-3-5-15/h1-13H,14H2/b20-13+. The summed E-state index contributed by atoms with van der Waals surface area (Å²) in [5.74, 6) is -0.476. The molecule has 1 heterocycles. The molecule has 3 nitrogen and oxygen atoms in total. The van der Waals surface area contributed by atoms with Crippen LogP contribution < -0.4 is 4.90 Å². The molecule has 28 heavy (non-hydrogen) atoms. The Bertz CT molecular complexity index is 1090. The highest BCUT2D eigenvalue weighted by atomic mass is 35.5. The molecule has 0 atom stereocenters. The van der Waals surface area contributed by atoms with E-state index in [1.807, 2.05) is 36.4 Å². The number of rotatable bonds is 4.